The zero-order valence-electron chi connectivity index (χ0n) is 17.7. The van der Waals surface area contributed by atoms with Gasteiger partial charge in [0.05, 0.1) is 17.8 Å². The first-order chi connectivity index (χ1) is 15.6. The minimum Gasteiger partial charge on any atom is -0.491 e. The third-order valence-corrected chi connectivity index (χ3v) is 6.32. The molecule has 2 aromatic rings. The third kappa shape index (κ3) is 6.09. The lowest BCUT2D eigenvalue weighted by atomic mass is 10.1. The summed E-state index contributed by atoms with van der Waals surface area (Å²) in [5.74, 6) is 0.946. The van der Waals surface area contributed by atoms with Gasteiger partial charge in [-0.2, -0.15) is 0 Å². The largest absolute Gasteiger partial charge is 0.491 e. The predicted molar refractivity (Wildman–Crippen MR) is 124 cm³/mol. The van der Waals surface area contributed by atoms with Gasteiger partial charge in [0.1, 0.15) is 23.5 Å². The number of ether oxygens (including phenoxy) is 3. The summed E-state index contributed by atoms with van der Waals surface area (Å²) in [4.78, 5) is 16.2. The summed E-state index contributed by atoms with van der Waals surface area (Å²) < 4.78 is 17.4. The summed E-state index contributed by atoms with van der Waals surface area (Å²) in [5.41, 5.74) is 1.06. The van der Waals surface area contributed by atoms with Crippen LogP contribution in [0, 0.1) is 0 Å². The number of piperidine rings is 1. The van der Waals surface area contributed by atoms with Crippen LogP contribution in [0.25, 0.3) is 0 Å². The molecule has 0 aromatic heterocycles. The maximum atomic E-state index is 12.2. The van der Waals surface area contributed by atoms with Gasteiger partial charge in [-0.05, 0) is 30.5 Å². The van der Waals surface area contributed by atoms with Crippen LogP contribution in [0.2, 0.25) is 10.0 Å². The molecule has 2 aromatic carbocycles. The fourth-order valence-corrected chi connectivity index (χ4v) is 4.07. The minimum absolute atomic E-state index is 0.000906. The molecule has 0 spiro atoms. The van der Waals surface area contributed by atoms with Crippen LogP contribution < -0.4 is 4.74 Å². The van der Waals surface area contributed by atoms with E-state index in [1.165, 1.54) is 0 Å². The van der Waals surface area contributed by atoms with E-state index in [4.69, 9.17) is 37.4 Å². The van der Waals surface area contributed by atoms with E-state index in [0.29, 0.717) is 34.9 Å². The normalized spacial score (nSPS) is 17.6. The number of likely N-dealkylation sites (tertiary alicyclic amines) is 1. The zero-order chi connectivity index (χ0) is 22.3. The fraction of sp³-hybridized carbons (Fsp3) is 0.375. The summed E-state index contributed by atoms with van der Waals surface area (Å²) >= 11 is 12.2. The van der Waals surface area contributed by atoms with Crippen molar-refractivity contribution in [2.24, 2.45) is 0 Å². The standard InChI is InChI=1S/C24H26Cl2N2O4/c25-20-7-4-8-21(24(20)26)30-14-13-27-11-9-19(10-12-27)32-23-16-28(22(29)17-31-23)15-18-5-2-1-3-6-18/h1-8,16,19H,9-15,17H2. The quantitative estimate of drug-likeness (QED) is 0.551. The Morgan fingerprint density at radius 1 is 1.03 bits per heavy atom. The van der Waals surface area contributed by atoms with Gasteiger partial charge in [-0.1, -0.05) is 59.6 Å². The third-order valence-electron chi connectivity index (χ3n) is 5.51. The van der Waals surface area contributed by atoms with E-state index in [-0.39, 0.29) is 18.6 Å². The van der Waals surface area contributed by atoms with Crippen molar-refractivity contribution >= 4 is 29.1 Å². The number of hydrogen-bond donors (Lipinski definition) is 0. The SMILES string of the molecule is O=C1COC(OC2CCN(CCOc3cccc(Cl)c3Cl)CC2)=CN1Cc1ccccc1. The molecule has 6 nitrogen and oxygen atoms in total. The molecular weight excluding hydrogens is 451 g/mol. The molecule has 0 N–H and O–H groups in total. The Labute approximate surface area is 198 Å². The summed E-state index contributed by atoms with van der Waals surface area (Å²) in [6.07, 6.45) is 3.50. The predicted octanol–water partition coefficient (Wildman–Crippen LogP) is 4.71. The lowest BCUT2D eigenvalue weighted by molar-refractivity contribution is -0.140. The molecule has 32 heavy (non-hydrogen) atoms. The summed E-state index contributed by atoms with van der Waals surface area (Å²) in [6, 6.07) is 15.3. The van der Waals surface area contributed by atoms with Gasteiger partial charge in [0.15, 0.2) is 6.61 Å². The first-order valence-corrected chi connectivity index (χ1v) is 11.5. The van der Waals surface area contributed by atoms with Crippen molar-refractivity contribution in [3.05, 3.63) is 76.3 Å². The Bertz CT molecular complexity index is 946. The molecule has 0 unspecified atom stereocenters. The van der Waals surface area contributed by atoms with Crippen molar-refractivity contribution in [2.75, 3.05) is 32.8 Å². The monoisotopic (exact) mass is 476 g/mol. The lowest BCUT2D eigenvalue weighted by Crippen LogP contribution is -2.40. The number of hydrogen-bond acceptors (Lipinski definition) is 5. The van der Waals surface area contributed by atoms with Gasteiger partial charge in [0.2, 0.25) is 0 Å². The van der Waals surface area contributed by atoms with E-state index in [0.717, 1.165) is 38.0 Å². The van der Waals surface area contributed by atoms with Gasteiger partial charge in [0, 0.05) is 19.6 Å². The molecule has 2 heterocycles. The summed E-state index contributed by atoms with van der Waals surface area (Å²) in [7, 11) is 0. The highest BCUT2D eigenvalue weighted by molar-refractivity contribution is 6.42. The highest BCUT2D eigenvalue weighted by atomic mass is 35.5. The first-order valence-electron chi connectivity index (χ1n) is 10.7. The molecule has 0 radical (unpaired) electrons. The smallest absolute Gasteiger partial charge is 0.297 e. The van der Waals surface area contributed by atoms with Crippen LogP contribution in [0.4, 0.5) is 0 Å². The van der Waals surface area contributed by atoms with Crippen LogP contribution in [-0.4, -0.2) is 54.7 Å². The van der Waals surface area contributed by atoms with E-state index in [2.05, 4.69) is 4.90 Å². The molecule has 2 aliphatic rings. The molecule has 0 atom stereocenters. The van der Waals surface area contributed by atoms with E-state index < -0.39 is 0 Å². The van der Waals surface area contributed by atoms with Crippen molar-refractivity contribution in [3.63, 3.8) is 0 Å². The maximum absolute atomic E-state index is 12.2. The number of carbonyl (C=O) groups is 1. The lowest BCUT2D eigenvalue weighted by Gasteiger charge is -2.33. The van der Waals surface area contributed by atoms with Crippen molar-refractivity contribution < 1.29 is 19.0 Å². The number of nitrogens with zero attached hydrogens (tertiary/aromatic N) is 2. The van der Waals surface area contributed by atoms with Crippen LogP contribution in [0.15, 0.2) is 60.7 Å². The van der Waals surface area contributed by atoms with Gasteiger partial charge in [-0.3, -0.25) is 9.69 Å². The summed E-state index contributed by atoms with van der Waals surface area (Å²) in [6.45, 7) is 3.64. The van der Waals surface area contributed by atoms with Crippen LogP contribution in [0.1, 0.15) is 18.4 Å². The Morgan fingerprint density at radius 2 is 1.81 bits per heavy atom. The molecule has 1 saturated heterocycles. The molecule has 0 bridgehead atoms. The molecular formula is C24H26Cl2N2O4. The molecule has 1 amide bonds. The average molecular weight is 477 g/mol. The van der Waals surface area contributed by atoms with E-state index in [1.54, 1.807) is 17.2 Å². The number of benzene rings is 2. The Hall–Kier alpha value is -2.41. The maximum Gasteiger partial charge on any atom is 0.297 e. The second kappa shape index (κ2) is 10.9. The zero-order valence-corrected chi connectivity index (χ0v) is 19.2. The summed E-state index contributed by atoms with van der Waals surface area (Å²) in [5, 5.41) is 0.937. The molecule has 4 rings (SSSR count). The average Bonchev–Trinajstić information content (AvgIpc) is 2.81. The molecule has 170 valence electrons. The Kier molecular flexibility index (Phi) is 7.79. The number of halogens is 2. The Morgan fingerprint density at radius 3 is 2.59 bits per heavy atom. The van der Waals surface area contributed by atoms with E-state index in [9.17, 15) is 4.79 Å². The van der Waals surface area contributed by atoms with Gasteiger partial charge in [-0.15, -0.1) is 0 Å². The number of carbonyl (C=O) groups excluding carboxylic acids is 1. The first kappa shape index (κ1) is 22.8. The second-order valence-corrected chi connectivity index (χ2v) is 8.59. The highest BCUT2D eigenvalue weighted by Gasteiger charge is 2.26. The van der Waals surface area contributed by atoms with Gasteiger partial charge in [-0.25, -0.2) is 0 Å². The minimum atomic E-state index is -0.0733. The molecule has 1 fully saturated rings. The molecule has 0 saturated carbocycles. The van der Waals surface area contributed by atoms with Crippen LogP contribution in [0.3, 0.4) is 0 Å². The molecule has 0 aliphatic carbocycles. The molecule has 8 heteroatoms. The number of amides is 1. The van der Waals surface area contributed by atoms with Crippen molar-refractivity contribution in [3.8, 4) is 5.75 Å². The fourth-order valence-electron chi connectivity index (χ4n) is 3.73. The van der Waals surface area contributed by atoms with Crippen molar-refractivity contribution in [1.29, 1.82) is 0 Å². The van der Waals surface area contributed by atoms with Crippen LogP contribution in [-0.2, 0) is 20.8 Å². The number of rotatable bonds is 8. The van der Waals surface area contributed by atoms with Crippen molar-refractivity contribution in [1.82, 2.24) is 9.80 Å². The van der Waals surface area contributed by atoms with Gasteiger partial charge in [0.25, 0.3) is 11.9 Å². The van der Waals surface area contributed by atoms with E-state index in [1.807, 2.05) is 42.5 Å². The highest BCUT2D eigenvalue weighted by Crippen LogP contribution is 2.31. The Balaban J connectivity index is 1.21. The topological polar surface area (TPSA) is 51.2 Å². The van der Waals surface area contributed by atoms with E-state index >= 15 is 0 Å². The second-order valence-electron chi connectivity index (χ2n) is 7.80. The molecule has 2 aliphatic heterocycles. The van der Waals surface area contributed by atoms with Crippen LogP contribution in [0.5, 0.6) is 5.75 Å². The van der Waals surface area contributed by atoms with Gasteiger partial charge >= 0.3 is 0 Å². The van der Waals surface area contributed by atoms with Crippen LogP contribution >= 0.6 is 23.2 Å². The van der Waals surface area contributed by atoms with Crippen molar-refractivity contribution in [2.45, 2.75) is 25.5 Å². The van der Waals surface area contributed by atoms with Gasteiger partial charge < -0.3 is 19.1 Å².